The van der Waals surface area contributed by atoms with E-state index in [1.165, 1.54) is 57.9 Å². The topological polar surface area (TPSA) is 170 Å². The normalized spacial score (nSPS) is 12.1. The molecular weight excluding hydrogens is 881 g/mol. The van der Waals surface area contributed by atoms with Gasteiger partial charge in [0.05, 0.1) is 32.8 Å². The minimum absolute atomic E-state index is 0.0422. The van der Waals surface area contributed by atoms with Crippen LogP contribution in [0.25, 0.3) is 0 Å². The Balaban J connectivity index is 0. The lowest BCUT2D eigenvalue weighted by Gasteiger charge is -2.20. The Hall–Kier alpha value is -5.21. The molecule has 3 aromatic rings. The van der Waals surface area contributed by atoms with Gasteiger partial charge < -0.3 is 43.1 Å². The van der Waals surface area contributed by atoms with Crippen molar-refractivity contribution in [3.63, 3.8) is 0 Å². The van der Waals surface area contributed by atoms with E-state index in [0.717, 1.165) is 35.8 Å². The molecule has 4 rings (SSSR count). The van der Waals surface area contributed by atoms with Crippen molar-refractivity contribution in [3.8, 4) is 0 Å². The third-order valence-corrected chi connectivity index (χ3v) is 9.43. The molecule has 0 amide bonds. The van der Waals surface area contributed by atoms with Gasteiger partial charge >= 0.3 is 23.9 Å². The third-order valence-electron chi connectivity index (χ3n) is 9.43. The van der Waals surface area contributed by atoms with E-state index in [1.807, 2.05) is 97.9 Å². The molecule has 0 radical (unpaired) electrons. The van der Waals surface area contributed by atoms with Crippen molar-refractivity contribution >= 4 is 30.2 Å². The molecule has 13 heteroatoms. The van der Waals surface area contributed by atoms with E-state index in [2.05, 4.69) is 27.4 Å². The molecule has 0 spiro atoms. The number of rotatable bonds is 25. The number of aliphatic hydroxyl groups is 1. The maximum absolute atomic E-state index is 11.0. The summed E-state index contributed by atoms with van der Waals surface area (Å²) in [5.41, 5.74) is 3.01. The SMILES string of the molecule is C=CCOC(=O)COCCC(C)C.CC(=O)OCc1ccccc1.CCC(=O)OCc1ccccc1.CCCCCCCCCC(C)C=O.CCOC(=O)CC1(C)OCCO1.OCc1ccccc1. The van der Waals surface area contributed by atoms with Gasteiger partial charge in [-0.25, -0.2) is 4.79 Å². The second-order valence-corrected chi connectivity index (χ2v) is 16.5. The van der Waals surface area contributed by atoms with Crippen molar-refractivity contribution in [2.45, 2.75) is 152 Å². The second kappa shape index (κ2) is 46.5. The summed E-state index contributed by atoms with van der Waals surface area (Å²) < 4.78 is 34.8. The van der Waals surface area contributed by atoms with Crippen molar-refractivity contribution in [1.82, 2.24) is 0 Å². The van der Waals surface area contributed by atoms with Gasteiger partial charge in [0.25, 0.3) is 0 Å². The maximum Gasteiger partial charge on any atom is 0.332 e. The Labute approximate surface area is 414 Å². The van der Waals surface area contributed by atoms with Crippen LogP contribution in [0, 0.1) is 11.8 Å². The van der Waals surface area contributed by atoms with E-state index >= 15 is 0 Å². The lowest BCUT2D eigenvalue weighted by Crippen LogP contribution is -2.29. The number of ether oxygens (including phenoxy) is 7. The molecule has 3 aromatic carbocycles. The summed E-state index contributed by atoms with van der Waals surface area (Å²) in [7, 11) is 0. The average molecular weight is 967 g/mol. The predicted molar refractivity (Wildman–Crippen MR) is 272 cm³/mol. The average Bonchev–Trinajstić information content (AvgIpc) is 3.79. The monoisotopic (exact) mass is 967 g/mol. The van der Waals surface area contributed by atoms with Crippen LogP contribution < -0.4 is 0 Å². The Morgan fingerprint density at radius 2 is 1.19 bits per heavy atom. The number of benzene rings is 3. The predicted octanol–water partition coefficient (Wildman–Crippen LogP) is 11.5. The molecule has 1 aliphatic rings. The summed E-state index contributed by atoms with van der Waals surface area (Å²) in [6, 6.07) is 28.8. The molecule has 69 heavy (non-hydrogen) atoms. The zero-order valence-electron chi connectivity index (χ0n) is 43.2. The smallest absolute Gasteiger partial charge is 0.332 e. The van der Waals surface area contributed by atoms with E-state index in [9.17, 15) is 24.0 Å². The van der Waals surface area contributed by atoms with E-state index in [0.29, 0.717) is 52.0 Å². The zero-order valence-corrected chi connectivity index (χ0v) is 43.2. The van der Waals surface area contributed by atoms with E-state index < -0.39 is 5.79 Å². The number of aliphatic hydroxyl groups excluding tert-OH is 1. The fraction of sp³-hybridized carbons (Fsp3) is 0.554. The first kappa shape index (κ1) is 65.9. The maximum atomic E-state index is 11.0. The number of esters is 4. The molecule has 388 valence electrons. The first-order valence-electron chi connectivity index (χ1n) is 24.4. The van der Waals surface area contributed by atoms with Crippen molar-refractivity contribution < 1.29 is 62.2 Å². The highest BCUT2D eigenvalue weighted by atomic mass is 16.7. The largest absolute Gasteiger partial charge is 0.466 e. The summed E-state index contributed by atoms with van der Waals surface area (Å²) in [5.74, 6) is -0.884. The molecule has 1 fully saturated rings. The second-order valence-electron chi connectivity index (χ2n) is 16.5. The molecular formula is C56H86O13. The Kier molecular flexibility index (Phi) is 44.4. The minimum atomic E-state index is -0.758. The molecule has 1 heterocycles. The Morgan fingerprint density at radius 1 is 0.681 bits per heavy atom. The molecule has 0 aliphatic carbocycles. The summed E-state index contributed by atoms with van der Waals surface area (Å²) in [6.45, 7) is 21.9. The highest BCUT2D eigenvalue weighted by Gasteiger charge is 2.34. The Bertz CT molecular complexity index is 1680. The van der Waals surface area contributed by atoms with Gasteiger partial charge in [-0.05, 0) is 49.3 Å². The van der Waals surface area contributed by atoms with Crippen LogP contribution in [-0.2, 0) is 77.0 Å². The van der Waals surface area contributed by atoms with Crippen LogP contribution in [0.15, 0.2) is 104 Å². The van der Waals surface area contributed by atoms with Gasteiger partial charge in [-0.3, -0.25) is 14.4 Å². The van der Waals surface area contributed by atoms with Gasteiger partial charge in [0.2, 0.25) is 0 Å². The number of hydrogen-bond donors (Lipinski definition) is 1. The minimum Gasteiger partial charge on any atom is -0.466 e. The lowest BCUT2D eigenvalue weighted by molar-refractivity contribution is -0.174. The molecule has 0 saturated carbocycles. The molecule has 1 unspecified atom stereocenters. The van der Waals surface area contributed by atoms with Crippen molar-refractivity contribution in [2.75, 3.05) is 39.6 Å². The number of hydrogen-bond acceptors (Lipinski definition) is 13. The van der Waals surface area contributed by atoms with Crippen molar-refractivity contribution in [3.05, 3.63) is 120 Å². The van der Waals surface area contributed by atoms with Crippen LogP contribution in [0.3, 0.4) is 0 Å². The van der Waals surface area contributed by atoms with Crippen molar-refractivity contribution in [2.24, 2.45) is 11.8 Å². The number of unbranched alkanes of at least 4 members (excludes halogenated alkanes) is 6. The number of carbonyl (C=O) groups excluding carboxylic acids is 5. The molecule has 1 N–H and O–H groups in total. The molecule has 1 saturated heterocycles. The van der Waals surface area contributed by atoms with Crippen LogP contribution in [0.5, 0.6) is 0 Å². The van der Waals surface area contributed by atoms with Gasteiger partial charge in [-0.15, -0.1) is 0 Å². The fourth-order valence-electron chi connectivity index (χ4n) is 5.48. The van der Waals surface area contributed by atoms with Gasteiger partial charge in [0.15, 0.2) is 5.79 Å². The van der Waals surface area contributed by atoms with Gasteiger partial charge in [-0.2, -0.15) is 0 Å². The molecule has 1 atom stereocenters. The van der Waals surface area contributed by atoms with Crippen LogP contribution in [0.2, 0.25) is 0 Å². The van der Waals surface area contributed by atoms with Crippen LogP contribution in [0.1, 0.15) is 143 Å². The van der Waals surface area contributed by atoms with E-state index in [-0.39, 0.29) is 56.0 Å². The summed E-state index contributed by atoms with van der Waals surface area (Å²) >= 11 is 0. The fourth-order valence-corrected chi connectivity index (χ4v) is 5.48. The summed E-state index contributed by atoms with van der Waals surface area (Å²) in [6.07, 6.45) is 14.6. The highest BCUT2D eigenvalue weighted by molar-refractivity contribution is 5.71. The van der Waals surface area contributed by atoms with E-state index in [4.69, 9.17) is 38.3 Å². The van der Waals surface area contributed by atoms with Crippen LogP contribution in [0.4, 0.5) is 0 Å². The lowest BCUT2D eigenvalue weighted by atomic mass is 10.0. The first-order valence-corrected chi connectivity index (χ1v) is 24.4. The first-order chi connectivity index (χ1) is 33.2. The van der Waals surface area contributed by atoms with Crippen LogP contribution >= 0.6 is 0 Å². The Morgan fingerprint density at radius 3 is 1.62 bits per heavy atom. The van der Waals surface area contributed by atoms with E-state index in [1.54, 1.807) is 20.8 Å². The molecule has 1 aliphatic heterocycles. The zero-order chi connectivity index (χ0) is 51.8. The van der Waals surface area contributed by atoms with Gasteiger partial charge in [0, 0.05) is 25.9 Å². The molecule has 13 nitrogen and oxygen atoms in total. The number of carbonyl (C=O) groups is 5. The summed E-state index contributed by atoms with van der Waals surface area (Å²) in [4.78, 5) is 53.3. The highest BCUT2D eigenvalue weighted by Crippen LogP contribution is 2.22. The summed E-state index contributed by atoms with van der Waals surface area (Å²) in [5, 5.41) is 8.54. The molecule has 0 bridgehead atoms. The van der Waals surface area contributed by atoms with Crippen molar-refractivity contribution in [1.29, 1.82) is 0 Å². The quantitative estimate of drug-likeness (QED) is 0.0280. The standard InChI is InChI=1S/C12H24O.C10H18O3.C10H12O2.C9H10O2.C8H14O4.C7H8O/c1-3-4-5-6-7-8-9-10-12(2)11-13;1-4-6-13-10(11)8-12-7-5-9(2)3;1-2-10(11)12-8-9-6-4-3-5-7-9;1-8(10)11-7-9-5-3-2-4-6-9;1-3-10-7(9)6-8(2)11-4-5-12-8;8-6-7-4-2-1-3-5-7/h11-12H,3-10H2,1-2H3;4,9H,1,5-8H2,2-3H3;3-7H,2,8H2,1H3;2-6H,7H2,1H3;3-6H2,1-2H3;1-5,8H,6H2. The third kappa shape index (κ3) is 45.0. The van der Waals surface area contributed by atoms with Gasteiger partial charge in [-0.1, -0.05) is 183 Å². The van der Waals surface area contributed by atoms with Crippen LogP contribution in [-0.4, -0.2) is 80.7 Å². The number of aldehydes is 1. The molecule has 0 aromatic heterocycles. The van der Waals surface area contributed by atoms with Gasteiger partial charge in [0.1, 0.15) is 32.7 Å².